The Morgan fingerprint density at radius 2 is 1.56 bits per heavy atom. The molecule has 0 spiro atoms. The van der Waals surface area contributed by atoms with Gasteiger partial charge in [-0.25, -0.2) is 0 Å². The van der Waals surface area contributed by atoms with Crippen molar-refractivity contribution in [2.45, 2.75) is 31.5 Å². The maximum atomic E-state index is 12.5. The predicted octanol–water partition coefficient (Wildman–Crippen LogP) is 3.24. The Hall–Kier alpha value is -1.23. The second-order valence-electron chi connectivity index (χ2n) is 4.66. The van der Waals surface area contributed by atoms with Gasteiger partial charge in [0.05, 0.1) is 0 Å². The molecule has 0 aliphatic carbocycles. The molecule has 0 bridgehead atoms. The van der Waals surface area contributed by atoms with Crippen LogP contribution in [0.4, 0.5) is 18.9 Å². The van der Waals surface area contributed by atoms with E-state index in [1.54, 1.807) is 12.1 Å². The summed E-state index contributed by atoms with van der Waals surface area (Å²) < 4.78 is 37.4. The van der Waals surface area contributed by atoms with E-state index in [4.69, 9.17) is 5.73 Å². The maximum absolute atomic E-state index is 12.5. The molecule has 100 valence electrons. The van der Waals surface area contributed by atoms with Crippen molar-refractivity contribution in [2.75, 3.05) is 18.0 Å². The minimum Gasteiger partial charge on any atom is -0.372 e. The lowest BCUT2D eigenvalue weighted by atomic mass is 10.1. The van der Waals surface area contributed by atoms with Gasteiger partial charge in [-0.3, -0.25) is 0 Å². The Labute approximate surface area is 105 Å². The van der Waals surface area contributed by atoms with Crippen LogP contribution in [-0.2, 0) is 0 Å². The van der Waals surface area contributed by atoms with E-state index in [2.05, 4.69) is 4.90 Å². The van der Waals surface area contributed by atoms with Gasteiger partial charge in [0.25, 0.3) is 0 Å². The Bertz CT molecular complexity index is 380. The molecular weight excluding hydrogens is 241 g/mol. The van der Waals surface area contributed by atoms with Gasteiger partial charge in [0.1, 0.15) is 6.04 Å². The molecule has 1 aliphatic rings. The molecule has 1 aromatic carbocycles. The van der Waals surface area contributed by atoms with Gasteiger partial charge in [-0.05, 0) is 37.0 Å². The topological polar surface area (TPSA) is 29.3 Å². The molecule has 1 saturated heterocycles. The zero-order valence-electron chi connectivity index (χ0n) is 10.1. The van der Waals surface area contributed by atoms with Crippen LogP contribution in [0.25, 0.3) is 0 Å². The fourth-order valence-electron chi connectivity index (χ4n) is 2.23. The summed E-state index contributed by atoms with van der Waals surface area (Å²) in [5, 5.41) is 0. The molecule has 0 aromatic heterocycles. The number of rotatable bonds is 2. The molecule has 0 saturated carbocycles. The zero-order valence-corrected chi connectivity index (χ0v) is 10.1. The lowest BCUT2D eigenvalue weighted by Crippen LogP contribution is -2.30. The summed E-state index contributed by atoms with van der Waals surface area (Å²) in [4.78, 5) is 2.20. The third-order valence-electron chi connectivity index (χ3n) is 3.33. The molecular formula is C13H17F3N2. The molecule has 2 nitrogen and oxygen atoms in total. The van der Waals surface area contributed by atoms with Crippen molar-refractivity contribution in [1.29, 1.82) is 0 Å². The maximum Gasteiger partial charge on any atom is 0.407 e. The largest absolute Gasteiger partial charge is 0.407 e. The van der Waals surface area contributed by atoms with Crippen molar-refractivity contribution in [1.82, 2.24) is 0 Å². The highest BCUT2D eigenvalue weighted by molar-refractivity contribution is 5.48. The summed E-state index contributed by atoms with van der Waals surface area (Å²) in [6, 6.07) is 4.51. The van der Waals surface area contributed by atoms with Crippen LogP contribution < -0.4 is 10.6 Å². The number of nitrogens with two attached hydrogens (primary N) is 1. The highest BCUT2D eigenvalue weighted by atomic mass is 19.4. The summed E-state index contributed by atoms with van der Waals surface area (Å²) in [5.74, 6) is 0. The summed E-state index contributed by atoms with van der Waals surface area (Å²) in [5.41, 5.74) is 6.26. The molecule has 1 atom stereocenters. The van der Waals surface area contributed by atoms with Crippen LogP contribution in [-0.4, -0.2) is 19.3 Å². The van der Waals surface area contributed by atoms with E-state index in [-0.39, 0.29) is 5.56 Å². The summed E-state index contributed by atoms with van der Waals surface area (Å²) in [7, 11) is 0. The predicted molar refractivity (Wildman–Crippen MR) is 65.5 cm³/mol. The number of anilines is 1. The first-order chi connectivity index (χ1) is 8.48. The molecule has 2 N–H and O–H groups in total. The third-order valence-corrected chi connectivity index (χ3v) is 3.33. The molecule has 1 aromatic rings. The number of nitrogens with zero attached hydrogens (tertiary/aromatic N) is 1. The first-order valence-electron chi connectivity index (χ1n) is 6.16. The number of piperidine rings is 1. The van der Waals surface area contributed by atoms with Gasteiger partial charge < -0.3 is 10.6 Å². The normalized spacial score (nSPS) is 18.8. The van der Waals surface area contributed by atoms with E-state index in [0.29, 0.717) is 0 Å². The lowest BCUT2D eigenvalue weighted by molar-refractivity contribution is -0.149. The lowest BCUT2D eigenvalue weighted by Gasteiger charge is -2.29. The van der Waals surface area contributed by atoms with E-state index in [9.17, 15) is 13.2 Å². The van der Waals surface area contributed by atoms with E-state index in [0.717, 1.165) is 31.6 Å². The quantitative estimate of drug-likeness (QED) is 0.882. The number of halogens is 3. The number of hydrogen-bond acceptors (Lipinski definition) is 2. The highest BCUT2D eigenvalue weighted by Gasteiger charge is 2.37. The molecule has 18 heavy (non-hydrogen) atoms. The zero-order chi connectivity index (χ0) is 13.2. The first-order valence-corrected chi connectivity index (χ1v) is 6.16. The highest BCUT2D eigenvalue weighted by Crippen LogP contribution is 2.31. The Morgan fingerprint density at radius 1 is 1.00 bits per heavy atom. The molecule has 5 heteroatoms. The summed E-state index contributed by atoms with van der Waals surface area (Å²) in [6.45, 7) is 1.95. The molecule has 1 heterocycles. The van der Waals surface area contributed by atoms with Crippen LogP contribution in [0.1, 0.15) is 30.9 Å². The second kappa shape index (κ2) is 5.18. The van der Waals surface area contributed by atoms with E-state index in [1.807, 2.05) is 0 Å². The molecule has 0 unspecified atom stereocenters. The minimum absolute atomic E-state index is 0.114. The van der Waals surface area contributed by atoms with Crippen molar-refractivity contribution in [3.8, 4) is 0 Å². The van der Waals surface area contributed by atoms with Gasteiger partial charge in [-0.15, -0.1) is 0 Å². The fourth-order valence-corrected chi connectivity index (χ4v) is 2.23. The van der Waals surface area contributed by atoms with Gasteiger partial charge >= 0.3 is 6.18 Å². The van der Waals surface area contributed by atoms with Gasteiger partial charge in [0, 0.05) is 18.8 Å². The fraction of sp³-hybridized carbons (Fsp3) is 0.538. The average Bonchev–Trinajstić information content (AvgIpc) is 2.38. The first kappa shape index (κ1) is 13.2. The Balaban J connectivity index is 2.09. The molecule has 1 aliphatic heterocycles. The van der Waals surface area contributed by atoms with Crippen LogP contribution in [0.3, 0.4) is 0 Å². The van der Waals surface area contributed by atoms with E-state index in [1.165, 1.54) is 18.6 Å². The summed E-state index contributed by atoms with van der Waals surface area (Å²) >= 11 is 0. The van der Waals surface area contributed by atoms with E-state index >= 15 is 0 Å². The SMILES string of the molecule is N[C@H](c1ccc(N2CCCCC2)cc1)C(F)(F)F. The number of benzene rings is 1. The van der Waals surface area contributed by atoms with Crippen LogP contribution in [0.2, 0.25) is 0 Å². The Kier molecular flexibility index (Phi) is 3.80. The third kappa shape index (κ3) is 2.96. The molecule has 0 amide bonds. The van der Waals surface area contributed by atoms with Crippen molar-refractivity contribution in [2.24, 2.45) is 5.73 Å². The van der Waals surface area contributed by atoms with Gasteiger partial charge in [0.15, 0.2) is 0 Å². The van der Waals surface area contributed by atoms with Gasteiger partial charge in [0.2, 0.25) is 0 Å². The van der Waals surface area contributed by atoms with Crippen LogP contribution in [0.15, 0.2) is 24.3 Å². The van der Waals surface area contributed by atoms with Crippen molar-refractivity contribution < 1.29 is 13.2 Å². The molecule has 1 fully saturated rings. The minimum atomic E-state index is -4.38. The van der Waals surface area contributed by atoms with Crippen molar-refractivity contribution in [3.05, 3.63) is 29.8 Å². The van der Waals surface area contributed by atoms with Gasteiger partial charge in [-0.2, -0.15) is 13.2 Å². The van der Waals surface area contributed by atoms with Crippen LogP contribution in [0, 0.1) is 0 Å². The Morgan fingerprint density at radius 3 is 2.06 bits per heavy atom. The van der Waals surface area contributed by atoms with E-state index < -0.39 is 12.2 Å². The van der Waals surface area contributed by atoms with Crippen molar-refractivity contribution >= 4 is 5.69 Å². The smallest absolute Gasteiger partial charge is 0.372 e. The van der Waals surface area contributed by atoms with Gasteiger partial charge in [-0.1, -0.05) is 12.1 Å². The number of alkyl halides is 3. The monoisotopic (exact) mass is 258 g/mol. The van der Waals surface area contributed by atoms with Crippen molar-refractivity contribution in [3.63, 3.8) is 0 Å². The van der Waals surface area contributed by atoms with Crippen LogP contribution >= 0.6 is 0 Å². The summed E-state index contributed by atoms with van der Waals surface area (Å²) in [6.07, 6.45) is -0.867. The molecule has 0 radical (unpaired) electrons. The second-order valence-corrected chi connectivity index (χ2v) is 4.66. The molecule has 2 rings (SSSR count). The number of hydrogen-bond donors (Lipinski definition) is 1. The standard InChI is InChI=1S/C13H17F3N2/c14-13(15,16)12(17)10-4-6-11(7-5-10)18-8-2-1-3-9-18/h4-7,12H,1-3,8-9,17H2/t12-/m1/s1. The average molecular weight is 258 g/mol. The van der Waals surface area contributed by atoms with Crippen LogP contribution in [0.5, 0.6) is 0 Å².